The van der Waals surface area contributed by atoms with Gasteiger partial charge < -0.3 is 10.1 Å². The van der Waals surface area contributed by atoms with Crippen LogP contribution in [-0.2, 0) is 19.4 Å². The van der Waals surface area contributed by atoms with E-state index < -0.39 is 43.8 Å². The van der Waals surface area contributed by atoms with E-state index in [2.05, 4.69) is 5.32 Å². The molecule has 0 aromatic heterocycles. The van der Waals surface area contributed by atoms with Gasteiger partial charge in [0.05, 0.1) is 26.2 Å². The van der Waals surface area contributed by atoms with Crippen molar-refractivity contribution < 1.29 is 27.7 Å². The maximum Gasteiger partial charge on any atom is 0.338 e. The molecule has 154 valence electrons. The van der Waals surface area contributed by atoms with E-state index in [-0.39, 0.29) is 26.3 Å². The zero-order chi connectivity index (χ0) is 21.9. The highest BCUT2D eigenvalue weighted by Gasteiger charge is 2.24. The number of amides is 1. The summed E-state index contributed by atoms with van der Waals surface area (Å²) in [5.74, 6) is -1.86. The molecule has 2 aromatic carbocycles. The van der Waals surface area contributed by atoms with Crippen molar-refractivity contribution >= 4 is 67.9 Å². The normalized spacial score (nSPS) is 11.0. The average molecular weight is 482 g/mol. The number of nitrogens with zero attached hydrogens (tertiary/aromatic N) is 1. The number of benzene rings is 2. The highest BCUT2D eigenvalue weighted by molar-refractivity contribution is 7.90. The Balaban J connectivity index is 2.12. The molecule has 0 saturated carbocycles. The number of nitro groups is 1. The van der Waals surface area contributed by atoms with E-state index in [4.69, 9.17) is 39.5 Å². The Morgan fingerprint density at radius 2 is 1.72 bits per heavy atom. The summed E-state index contributed by atoms with van der Waals surface area (Å²) < 4.78 is 28.0. The number of sulfone groups is 1. The van der Waals surface area contributed by atoms with Crippen LogP contribution in [0.1, 0.15) is 10.4 Å². The lowest BCUT2D eigenvalue weighted by Crippen LogP contribution is -2.21. The van der Waals surface area contributed by atoms with E-state index >= 15 is 0 Å². The third-order valence-electron chi connectivity index (χ3n) is 3.40. The fraction of sp³-hybridized carbons (Fsp3) is 0.125. The first-order valence-electron chi connectivity index (χ1n) is 7.50. The number of nitro benzene ring substituents is 1. The standard InChI is InChI=1S/C16H11Cl3N2O7S/c1-29(26,27)13-3-2-8(4-12(13)21(24)25)16(23)28-7-14(22)20-15-10(18)5-9(17)6-11(15)19/h2-6H,7H2,1H3,(H,20,22). The zero-order valence-corrected chi connectivity index (χ0v) is 17.5. The van der Waals surface area contributed by atoms with Gasteiger partial charge in [-0.3, -0.25) is 14.9 Å². The molecule has 0 heterocycles. The summed E-state index contributed by atoms with van der Waals surface area (Å²) in [6.45, 7) is -0.754. The number of halogens is 3. The minimum Gasteiger partial charge on any atom is -0.452 e. The first-order valence-corrected chi connectivity index (χ1v) is 10.5. The molecule has 0 radical (unpaired) electrons. The number of hydrogen-bond acceptors (Lipinski definition) is 7. The molecule has 0 unspecified atom stereocenters. The Hall–Kier alpha value is -2.40. The van der Waals surface area contributed by atoms with Gasteiger partial charge in [0.15, 0.2) is 16.4 Å². The summed E-state index contributed by atoms with van der Waals surface area (Å²) in [5, 5.41) is 13.8. The number of ether oxygens (including phenoxy) is 1. The summed E-state index contributed by atoms with van der Waals surface area (Å²) in [5.41, 5.74) is -1.03. The van der Waals surface area contributed by atoms with Crippen molar-refractivity contribution in [1.82, 2.24) is 0 Å². The molecule has 0 spiro atoms. The van der Waals surface area contributed by atoms with E-state index in [0.29, 0.717) is 0 Å². The van der Waals surface area contributed by atoms with E-state index in [9.17, 15) is 28.1 Å². The fourth-order valence-corrected chi connectivity index (χ4v) is 3.89. The molecule has 0 atom stereocenters. The van der Waals surface area contributed by atoms with Gasteiger partial charge in [-0.15, -0.1) is 0 Å². The molecule has 9 nitrogen and oxygen atoms in total. The summed E-state index contributed by atoms with van der Waals surface area (Å²) in [7, 11) is -3.88. The van der Waals surface area contributed by atoms with Gasteiger partial charge in [-0.2, -0.15) is 0 Å². The molecule has 0 aliphatic heterocycles. The average Bonchev–Trinajstić information content (AvgIpc) is 2.61. The summed E-state index contributed by atoms with van der Waals surface area (Å²) in [4.78, 5) is 33.6. The minimum atomic E-state index is -3.88. The fourth-order valence-electron chi connectivity index (χ4n) is 2.15. The van der Waals surface area contributed by atoms with E-state index in [1.165, 1.54) is 12.1 Å². The molecule has 0 saturated heterocycles. The molecule has 1 N–H and O–H groups in total. The Kier molecular flexibility index (Phi) is 7.06. The van der Waals surface area contributed by atoms with Crippen molar-refractivity contribution in [3.63, 3.8) is 0 Å². The summed E-state index contributed by atoms with van der Waals surface area (Å²) in [6.07, 6.45) is 0.796. The van der Waals surface area contributed by atoms with Crippen LogP contribution in [-0.4, -0.2) is 38.1 Å². The van der Waals surface area contributed by atoms with Gasteiger partial charge >= 0.3 is 5.97 Å². The zero-order valence-electron chi connectivity index (χ0n) is 14.4. The lowest BCUT2D eigenvalue weighted by Gasteiger charge is -2.10. The van der Waals surface area contributed by atoms with Gasteiger partial charge in [0.25, 0.3) is 11.6 Å². The molecule has 2 aromatic rings. The van der Waals surface area contributed by atoms with Crippen LogP contribution in [0.25, 0.3) is 0 Å². The van der Waals surface area contributed by atoms with E-state index in [1.807, 2.05) is 0 Å². The van der Waals surface area contributed by atoms with Crippen molar-refractivity contribution in [1.29, 1.82) is 0 Å². The molecule has 0 bridgehead atoms. The minimum absolute atomic E-state index is 0.0620. The first-order chi connectivity index (χ1) is 13.4. The molecule has 2 rings (SSSR count). The van der Waals surface area contributed by atoms with Crippen LogP contribution in [0.5, 0.6) is 0 Å². The molecule has 0 fully saturated rings. The third-order valence-corrected chi connectivity index (χ3v) is 5.36. The Morgan fingerprint density at radius 1 is 1.14 bits per heavy atom. The molecule has 13 heteroatoms. The van der Waals surface area contributed by atoms with Gasteiger partial charge in [-0.05, 0) is 24.3 Å². The lowest BCUT2D eigenvalue weighted by molar-refractivity contribution is -0.387. The largest absolute Gasteiger partial charge is 0.452 e. The number of nitrogens with one attached hydrogen (secondary N) is 1. The predicted octanol–water partition coefficient (Wildman–Crippen LogP) is 3.75. The topological polar surface area (TPSA) is 133 Å². The molecule has 0 aliphatic rings. The Labute approximate surface area is 179 Å². The SMILES string of the molecule is CS(=O)(=O)c1ccc(C(=O)OCC(=O)Nc2c(Cl)cc(Cl)cc2Cl)cc1[N+](=O)[O-]. The number of carbonyl (C=O) groups is 2. The molecule has 1 amide bonds. The maximum absolute atomic E-state index is 12.1. The van der Waals surface area contributed by atoms with Gasteiger partial charge in [-0.25, -0.2) is 13.2 Å². The van der Waals surface area contributed by atoms with Crippen LogP contribution in [0.15, 0.2) is 35.2 Å². The van der Waals surface area contributed by atoms with Crippen LogP contribution in [0.3, 0.4) is 0 Å². The Bertz CT molecular complexity index is 1100. The summed E-state index contributed by atoms with van der Waals surface area (Å²) >= 11 is 17.6. The van der Waals surface area contributed by atoms with E-state index in [1.54, 1.807) is 0 Å². The van der Waals surface area contributed by atoms with Crippen molar-refractivity contribution in [3.05, 3.63) is 61.1 Å². The number of carbonyl (C=O) groups excluding carboxylic acids is 2. The second-order valence-electron chi connectivity index (χ2n) is 5.58. The van der Waals surface area contributed by atoms with Gasteiger partial charge in [0.2, 0.25) is 0 Å². The highest BCUT2D eigenvalue weighted by Crippen LogP contribution is 2.33. The smallest absolute Gasteiger partial charge is 0.338 e. The monoisotopic (exact) mass is 480 g/mol. The van der Waals surface area contributed by atoms with Crippen LogP contribution >= 0.6 is 34.8 Å². The maximum atomic E-state index is 12.1. The summed E-state index contributed by atoms with van der Waals surface area (Å²) in [6, 6.07) is 5.40. The second kappa shape index (κ2) is 8.95. The van der Waals surface area contributed by atoms with Crippen molar-refractivity contribution in [3.8, 4) is 0 Å². The predicted molar refractivity (Wildman–Crippen MR) is 107 cm³/mol. The first kappa shape index (κ1) is 22.9. The van der Waals surface area contributed by atoms with Crippen molar-refractivity contribution in [2.75, 3.05) is 18.2 Å². The van der Waals surface area contributed by atoms with Gasteiger partial charge in [0, 0.05) is 17.3 Å². The third kappa shape index (κ3) is 5.80. The number of anilines is 1. The van der Waals surface area contributed by atoms with Gasteiger partial charge in [-0.1, -0.05) is 34.8 Å². The number of hydrogen-bond donors (Lipinski definition) is 1. The molecule has 0 aliphatic carbocycles. The van der Waals surface area contributed by atoms with Crippen LogP contribution in [0.4, 0.5) is 11.4 Å². The molecular formula is C16H11Cl3N2O7S. The van der Waals surface area contributed by atoms with Crippen LogP contribution < -0.4 is 5.32 Å². The number of esters is 1. The Morgan fingerprint density at radius 3 is 2.24 bits per heavy atom. The molecular weight excluding hydrogens is 471 g/mol. The van der Waals surface area contributed by atoms with Crippen molar-refractivity contribution in [2.24, 2.45) is 0 Å². The lowest BCUT2D eigenvalue weighted by atomic mass is 10.2. The van der Waals surface area contributed by atoms with Crippen molar-refractivity contribution in [2.45, 2.75) is 4.90 Å². The second-order valence-corrected chi connectivity index (χ2v) is 8.82. The van der Waals surface area contributed by atoms with Gasteiger partial charge in [0.1, 0.15) is 4.90 Å². The van der Waals surface area contributed by atoms with E-state index in [0.717, 1.165) is 24.5 Å². The highest BCUT2D eigenvalue weighted by atomic mass is 35.5. The quantitative estimate of drug-likeness (QED) is 0.377. The molecule has 29 heavy (non-hydrogen) atoms. The van der Waals surface area contributed by atoms with Crippen LogP contribution in [0, 0.1) is 10.1 Å². The number of rotatable bonds is 6. The van der Waals surface area contributed by atoms with Crippen LogP contribution in [0.2, 0.25) is 15.1 Å².